The summed E-state index contributed by atoms with van der Waals surface area (Å²) < 4.78 is 18.7. The van der Waals surface area contributed by atoms with Crippen LogP contribution in [0.1, 0.15) is 29.8 Å². The second-order valence-electron chi connectivity index (χ2n) is 4.45. The molecule has 2 aromatic rings. The van der Waals surface area contributed by atoms with Crippen molar-refractivity contribution in [1.29, 1.82) is 0 Å². The van der Waals surface area contributed by atoms with Crippen molar-refractivity contribution in [2.24, 2.45) is 0 Å². The zero-order valence-electron chi connectivity index (χ0n) is 9.71. The number of fused-ring (bicyclic) bond motifs is 1. The summed E-state index contributed by atoms with van der Waals surface area (Å²) >= 11 is 0. The van der Waals surface area contributed by atoms with Crippen molar-refractivity contribution in [2.75, 3.05) is 0 Å². The molecular weight excluding hydrogens is 231 g/mol. The fourth-order valence-corrected chi connectivity index (χ4v) is 2.28. The summed E-state index contributed by atoms with van der Waals surface area (Å²) in [6, 6.07) is 13.7. The highest BCUT2D eigenvalue weighted by molar-refractivity contribution is 5.38. The van der Waals surface area contributed by atoms with E-state index in [-0.39, 0.29) is 11.9 Å². The molecule has 0 aliphatic carbocycles. The Kier molecular flexibility index (Phi) is 2.76. The van der Waals surface area contributed by atoms with Crippen LogP contribution in [0.2, 0.25) is 0 Å². The molecule has 0 bridgehead atoms. The number of aliphatic hydroxyl groups is 1. The van der Waals surface area contributed by atoms with E-state index in [1.165, 1.54) is 12.1 Å². The summed E-state index contributed by atoms with van der Waals surface area (Å²) in [6.07, 6.45) is -0.275. The fourth-order valence-electron chi connectivity index (χ4n) is 2.28. The van der Waals surface area contributed by atoms with E-state index in [2.05, 4.69) is 0 Å². The van der Waals surface area contributed by atoms with Gasteiger partial charge in [0.15, 0.2) is 0 Å². The van der Waals surface area contributed by atoms with Gasteiger partial charge in [0.25, 0.3) is 0 Å². The van der Waals surface area contributed by atoms with Gasteiger partial charge in [-0.3, -0.25) is 0 Å². The third-order valence-electron chi connectivity index (χ3n) is 3.23. The minimum atomic E-state index is -0.537. The molecule has 0 aromatic heterocycles. The topological polar surface area (TPSA) is 29.5 Å². The molecule has 1 heterocycles. The standard InChI is InChI=1S/C15H13FO2/c16-11-7-5-10(6-8-11)15-9-13(17)12-3-1-2-4-14(12)18-15/h1-8,13,15,17H,9H2/t13-,15+/m1/s1. The number of aliphatic hydroxyl groups excluding tert-OH is 1. The monoisotopic (exact) mass is 244 g/mol. The summed E-state index contributed by atoms with van der Waals surface area (Å²) in [6.45, 7) is 0. The lowest BCUT2D eigenvalue weighted by molar-refractivity contribution is 0.0657. The summed E-state index contributed by atoms with van der Waals surface area (Å²) in [4.78, 5) is 0. The number of halogens is 1. The Hall–Kier alpha value is -1.87. The third kappa shape index (κ3) is 1.97. The minimum absolute atomic E-state index is 0.226. The number of para-hydroxylation sites is 1. The van der Waals surface area contributed by atoms with Crippen molar-refractivity contribution in [1.82, 2.24) is 0 Å². The molecule has 0 fully saturated rings. The maximum Gasteiger partial charge on any atom is 0.127 e. The number of rotatable bonds is 1. The SMILES string of the molecule is O[C@@H]1C[C@@H](c2ccc(F)cc2)Oc2ccccc21. The van der Waals surface area contributed by atoms with Crippen LogP contribution in [0.5, 0.6) is 5.75 Å². The van der Waals surface area contributed by atoms with Gasteiger partial charge in [0.1, 0.15) is 17.7 Å². The summed E-state index contributed by atoms with van der Waals surface area (Å²) in [5.74, 6) is 0.432. The molecule has 1 aliphatic rings. The molecule has 0 radical (unpaired) electrons. The van der Waals surface area contributed by atoms with Crippen LogP contribution < -0.4 is 4.74 Å². The average Bonchev–Trinajstić information content (AvgIpc) is 2.39. The first kappa shape index (κ1) is 11.2. The van der Waals surface area contributed by atoms with Crippen molar-refractivity contribution >= 4 is 0 Å². The van der Waals surface area contributed by atoms with E-state index >= 15 is 0 Å². The normalized spacial score (nSPS) is 22.1. The van der Waals surface area contributed by atoms with Gasteiger partial charge in [0.2, 0.25) is 0 Å². The smallest absolute Gasteiger partial charge is 0.127 e. The molecule has 0 unspecified atom stereocenters. The predicted molar refractivity (Wildman–Crippen MR) is 65.8 cm³/mol. The molecule has 0 saturated carbocycles. The number of ether oxygens (including phenoxy) is 1. The van der Waals surface area contributed by atoms with E-state index in [1.54, 1.807) is 12.1 Å². The lowest BCUT2D eigenvalue weighted by Crippen LogP contribution is -2.18. The first-order chi connectivity index (χ1) is 8.74. The molecule has 1 N–H and O–H groups in total. The Morgan fingerprint density at radius 1 is 1.06 bits per heavy atom. The largest absolute Gasteiger partial charge is 0.485 e. The molecule has 2 nitrogen and oxygen atoms in total. The first-order valence-electron chi connectivity index (χ1n) is 5.93. The maximum atomic E-state index is 12.9. The van der Waals surface area contributed by atoms with Gasteiger partial charge in [-0.2, -0.15) is 0 Å². The zero-order valence-corrected chi connectivity index (χ0v) is 9.71. The molecule has 18 heavy (non-hydrogen) atoms. The first-order valence-corrected chi connectivity index (χ1v) is 5.93. The van der Waals surface area contributed by atoms with E-state index in [0.29, 0.717) is 12.2 Å². The zero-order chi connectivity index (χ0) is 12.5. The van der Waals surface area contributed by atoms with Gasteiger partial charge < -0.3 is 9.84 Å². The van der Waals surface area contributed by atoms with Crippen LogP contribution in [0, 0.1) is 5.82 Å². The molecule has 2 atom stereocenters. The predicted octanol–water partition coefficient (Wildman–Crippen LogP) is 3.38. The van der Waals surface area contributed by atoms with Gasteiger partial charge >= 0.3 is 0 Å². The van der Waals surface area contributed by atoms with E-state index in [0.717, 1.165) is 11.1 Å². The highest BCUT2D eigenvalue weighted by Crippen LogP contribution is 2.40. The second kappa shape index (κ2) is 4.42. The highest BCUT2D eigenvalue weighted by Gasteiger charge is 2.27. The molecule has 92 valence electrons. The van der Waals surface area contributed by atoms with Crippen molar-refractivity contribution in [3.63, 3.8) is 0 Å². The van der Waals surface area contributed by atoms with E-state index < -0.39 is 6.10 Å². The Morgan fingerprint density at radius 2 is 1.78 bits per heavy atom. The third-order valence-corrected chi connectivity index (χ3v) is 3.23. The van der Waals surface area contributed by atoms with Gasteiger partial charge in [-0.1, -0.05) is 30.3 Å². The van der Waals surface area contributed by atoms with Crippen molar-refractivity contribution in [3.05, 3.63) is 65.5 Å². The van der Waals surface area contributed by atoms with Crippen LogP contribution in [0.15, 0.2) is 48.5 Å². The van der Waals surface area contributed by atoms with E-state index in [4.69, 9.17) is 4.74 Å². The Labute approximate surface area is 105 Å². The van der Waals surface area contributed by atoms with Crippen LogP contribution in [0.25, 0.3) is 0 Å². The van der Waals surface area contributed by atoms with Crippen molar-refractivity contribution in [2.45, 2.75) is 18.6 Å². The van der Waals surface area contributed by atoms with Gasteiger partial charge in [-0.25, -0.2) is 4.39 Å². The summed E-state index contributed by atoms with van der Waals surface area (Å²) in [5, 5.41) is 10.1. The number of hydrogen-bond donors (Lipinski definition) is 1. The van der Waals surface area contributed by atoms with Crippen LogP contribution in [-0.4, -0.2) is 5.11 Å². The Bertz CT molecular complexity index is 551. The maximum absolute atomic E-state index is 12.9. The molecule has 0 amide bonds. The molecular formula is C15H13FO2. The lowest BCUT2D eigenvalue weighted by Gasteiger charge is -2.29. The van der Waals surface area contributed by atoms with Gasteiger partial charge in [0, 0.05) is 12.0 Å². The lowest BCUT2D eigenvalue weighted by atomic mass is 9.95. The number of benzene rings is 2. The molecule has 0 spiro atoms. The minimum Gasteiger partial charge on any atom is -0.485 e. The van der Waals surface area contributed by atoms with Gasteiger partial charge in [0.05, 0.1) is 6.10 Å². The van der Waals surface area contributed by atoms with Crippen LogP contribution in [-0.2, 0) is 0 Å². The Balaban J connectivity index is 1.92. The molecule has 1 aliphatic heterocycles. The molecule has 0 saturated heterocycles. The average molecular weight is 244 g/mol. The molecule has 2 aromatic carbocycles. The van der Waals surface area contributed by atoms with Gasteiger partial charge in [-0.15, -0.1) is 0 Å². The van der Waals surface area contributed by atoms with E-state index in [9.17, 15) is 9.50 Å². The van der Waals surface area contributed by atoms with Crippen molar-refractivity contribution in [3.8, 4) is 5.75 Å². The summed E-state index contributed by atoms with van der Waals surface area (Å²) in [5.41, 5.74) is 1.70. The molecule has 3 rings (SSSR count). The van der Waals surface area contributed by atoms with Crippen LogP contribution in [0.3, 0.4) is 0 Å². The van der Waals surface area contributed by atoms with E-state index in [1.807, 2.05) is 24.3 Å². The van der Waals surface area contributed by atoms with Crippen LogP contribution in [0.4, 0.5) is 4.39 Å². The van der Waals surface area contributed by atoms with Crippen molar-refractivity contribution < 1.29 is 14.2 Å². The highest BCUT2D eigenvalue weighted by atomic mass is 19.1. The second-order valence-corrected chi connectivity index (χ2v) is 4.45. The fraction of sp³-hybridized carbons (Fsp3) is 0.200. The molecule has 3 heteroatoms. The Morgan fingerprint density at radius 3 is 2.56 bits per heavy atom. The summed E-state index contributed by atoms with van der Waals surface area (Å²) in [7, 11) is 0. The van der Waals surface area contributed by atoms with Gasteiger partial charge in [-0.05, 0) is 23.8 Å². The number of hydrogen-bond acceptors (Lipinski definition) is 2. The quantitative estimate of drug-likeness (QED) is 0.833. The van der Waals surface area contributed by atoms with Crippen LogP contribution >= 0.6 is 0 Å².